The molecule has 6 heteroatoms. The van der Waals surface area contributed by atoms with E-state index in [4.69, 9.17) is 5.73 Å². The first-order valence-corrected chi connectivity index (χ1v) is 7.97. The Morgan fingerprint density at radius 1 is 1.43 bits per heavy atom. The number of para-hydroxylation sites is 1. The lowest BCUT2D eigenvalue weighted by Crippen LogP contribution is -2.57. The van der Waals surface area contributed by atoms with E-state index in [0.717, 1.165) is 28.8 Å². The first kappa shape index (κ1) is 14.3. The lowest BCUT2D eigenvalue weighted by molar-refractivity contribution is -0.124. The number of aromatic nitrogens is 2. The predicted octanol–water partition coefficient (Wildman–Crippen LogP) is 1.58. The largest absolute Gasteiger partial charge is 0.368 e. The number of hydrogen-bond acceptors (Lipinski definition) is 5. The number of benzene rings is 1. The summed E-state index contributed by atoms with van der Waals surface area (Å²) in [5.74, 6) is 0.642. The number of nitrogens with zero attached hydrogens (tertiary/aromatic N) is 2. The van der Waals surface area contributed by atoms with Crippen LogP contribution in [0.25, 0.3) is 10.9 Å². The van der Waals surface area contributed by atoms with Gasteiger partial charge >= 0.3 is 0 Å². The minimum Gasteiger partial charge on any atom is -0.368 e. The van der Waals surface area contributed by atoms with Crippen molar-refractivity contribution in [3.63, 3.8) is 0 Å². The molecule has 1 aliphatic rings. The molecule has 1 heterocycles. The van der Waals surface area contributed by atoms with Crippen LogP contribution in [0.4, 0.5) is 0 Å². The van der Waals surface area contributed by atoms with E-state index in [-0.39, 0.29) is 5.91 Å². The lowest BCUT2D eigenvalue weighted by Gasteiger charge is -2.29. The van der Waals surface area contributed by atoms with Gasteiger partial charge in [-0.1, -0.05) is 18.2 Å². The summed E-state index contributed by atoms with van der Waals surface area (Å²) in [5.41, 5.74) is 5.92. The van der Waals surface area contributed by atoms with Crippen LogP contribution in [-0.2, 0) is 4.79 Å². The molecule has 0 radical (unpaired) electrons. The number of hydrogen-bond donors (Lipinski definition) is 2. The highest BCUT2D eigenvalue weighted by Crippen LogP contribution is 2.42. The molecule has 1 unspecified atom stereocenters. The highest BCUT2D eigenvalue weighted by atomic mass is 32.2. The molecule has 2 aromatic rings. The number of primary amides is 1. The molecule has 1 saturated carbocycles. The van der Waals surface area contributed by atoms with Gasteiger partial charge < -0.3 is 11.1 Å². The summed E-state index contributed by atoms with van der Waals surface area (Å²) in [7, 11) is 1.81. The van der Waals surface area contributed by atoms with Crippen LogP contribution in [0, 0.1) is 5.92 Å². The second-order valence-corrected chi connectivity index (χ2v) is 6.31. The lowest BCUT2D eigenvalue weighted by atomic mass is 9.95. The Kier molecular flexibility index (Phi) is 3.82. The van der Waals surface area contributed by atoms with Gasteiger partial charge in [0.15, 0.2) is 0 Å². The van der Waals surface area contributed by atoms with Crippen LogP contribution >= 0.6 is 11.8 Å². The predicted molar refractivity (Wildman–Crippen MR) is 84.0 cm³/mol. The summed E-state index contributed by atoms with van der Waals surface area (Å²) in [5, 5.41) is 5.06. The summed E-state index contributed by atoms with van der Waals surface area (Å²) < 4.78 is 0. The Hall–Kier alpha value is -1.66. The van der Waals surface area contributed by atoms with E-state index in [1.54, 1.807) is 18.1 Å². The van der Waals surface area contributed by atoms with Crippen molar-refractivity contribution >= 4 is 28.6 Å². The zero-order valence-corrected chi connectivity index (χ0v) is 12.7. The molecule has 1 aromatic heterocycles. The van der Waals surface area contributed by atoms with E-state index >= 15 is 0 Å². The first-order chi connectivity index (χ1) is 10.2. The maximum absolute atomic E-state index is 11.9. The average Bonchev–Trinajstić information content (AvgIpc) is 3.33. The normalized spacial score (nSPS) is 17.6. The molecule has 1 amide bonds. The summed E-state index contributed by atoms with van der Waals surface area (Å²) in [6.07, 6.45) is 3.66. The van der Waals surface area contributed by atoms with E-state index in [1.165, 1.54) is 0 Å². The minimum atomic E-state index is -0.642. The highest BCUT2D eigenvalue weighted by Gasteiger charge is 2.48. The fourth-order valence-electron chi connectivity index (χ4n) is 2.64. The van der Waals surface area contributed by atoms with Gasteiger partial charge in [-0.2, -0.15) is 0 Å². The van der Waals surface area contributed by atoms with Crippen molar-refractivity contribution < 1.29 is 4.79 Å². The molecule has 5 nitrogen and oxygen atoms in total. The van der Waals surface area contributed by atoms with Gasteiger partial charge in [-0.25, -0.2) is 9.97 Å². The zero-order valence-electron chi connectivity index (χ0n) is 11.9. The number of carbonyl (C=O) groups is 1. The van der Waals surface area contributed by atoms with E-state index < -0.39 is 5.54 Å². The van der Waals surface area contributed by atoms with E-state index in [9.17, 15) is 4.79 Å². The van der Waals surface area contributed by atoms with Gasteiger partial charge in [0.1, 0.15) is 16.9 Å². The smallest absolute Gasteiger partial charge is 0.238 e. The second kappa shape index (κ2) is 5.61. The Balaban J connectivity index is 1.87. The molecule has 0 aliphatic heterocycles. The van der Waals surface area contributed by atoms with Crippen molar-refractivity contribution in [2.75, 3.05) is 12.8 Å². The topological polar surface area (TPSA) is 80.9 Å². The fourth-order valence-corrected chi connectivity index (χ4v) is 3.98. The molecule has 1 fully saturated rings. The standard InChI is InChI=1S/C15H18N4OS/c1-17-15(14(16)20,10-6-7-10)8-21-13-11-4-2-3-5-12(11)18-9-19-13/h2-5,9-10,17H,6-8H2,1H3,(H2,16,20). The van der Waals surface area contributed by atoms with Crippen LogP contribution < -0.4 is 11.1 Å². The molecule has 1 aliphatic carbocycles. The number of amides is 1. The number of nitrogens with one attached hydrogen (secondary N) is 1. The van der Waals surface area contributed by atoms with Crippen LogP contribution in [0.5, 0.6) is 0 Å². The van der Waals surface area contributed by atoms with Gasteiger partial charge in [-0.05, 0) is 31.9 Å². The fraction of sp³-hybridized carbons (Fsp3) is 0.400. The van der Waals surface area contributed by atoms with Crippen molar-refractivity contribution in [1.29, 1.82) is 0 Å². The van der Waals surface area contributed by atoms with Crippen molar-refractivity contribution in [3.8, 4) is 0 Å². The van der Waals surface area contributed by atoms with Crippen LogP contribution in [0.3, 0.4) is 0 Å². The number of nitrogens with two attached hydrogens (primary N) is 1. The monoisotopic (exact) mass is 302 g/mol. The molecule has 0 spiro atoms. The van der Waals surface area contributed by atoms with Gasteiger partial charge in [0.2, 0.25) is 5.91 Å². The Labute approximate surface area is 127 Å². The van der Waals surface area contributed by atoms with Crippen LogP contribution in [0.1, 0.15) is 12.8 Å². The van der Waals surface area contributed by atoms with E-state index in [1.807, 2.05) is 31.3 Å². The van der Waals surface area contributed by atoms with Crippen LogP contribution in [0.2, 0.25) is 0 Å². The molecule has 110 valence electrons. The quantitative estimate of drug-likeness (QED) is 0.625. The Morgan fingerprint density at radius 3 is 2.86 bits per heavy atom. The molecular weight excluding hydrogens is 284 g/mol. The zero-order chi connectivity index (χ0) is 14.9. The maximum Gasteiger partial charge on any atom is 0.238 e. The molecule has 21 heavy (non-hydrogen) atoms. The Morgan fingerprint density at radius 2 is 2.19 bits per heavy atom. The van der Waals surface area contributed by atoms with Gasteiger partial charge in [-0.3, -0.25) is 4.79 Å². The van der Waals surface area contributed by atoms with Gasteiger partial charge in [0, 0.05) is 11.1 Å². The summed E-state index contributed by atoms with van der Waals surface area (Å²) in [4.78, 5) is 20.5. The van der Waals surface area contributed by atoms with Gasteiger partial charge in [0.05, 0.1) is 5.52 Å². The molecule has 1 atom stereocenters. The second-order valence-electron chi connectivity index (χ2n) is 5.34. The van der Waals surface area contributed by atoms with E-state index in [2.05, 4.69) is 15.3 Å². The number of carbonyl (C=O) groups excluding carboxylic acids is 1. The minimum absolute atomic E-state index is 0.279. The Bertz CT molecular complexity index is 668. The van der Waals surface area contributed by atoms with Crippen LogP contribution in [0.15, 0.2) is 35.6 Å². The van der Waals surface area contributed by atoms with Gasteiger partial charge in [0.25, 0.3) is 0 Å². The van der Waals surface area contributed by atoms with Gasteiger partial charge in [-0.15, -0.1) is 11.8 Å². The first-order valence-electron chi connectivity index (χ1n) is 6.99. The van der Waals surface area contributed by atoms with E-state index in [0.29, 0.717) is 11.7 Å². The molecule has 0 bridgehead atoms. The maximum atomic E-state index is 11.9. The summed E-state index contributed by atoms with van der Waals surface area (Å²) in [6.45, 7) is 0. The highest BCUT2D eigenvalue weighted by molar-refractivity contribution is 7.99. The third-order valence-electron chi connectivity index (χ3n) is 4.10. The number of fused-ring (bicyclic) bond motifs is 1. The average molecular weight is 302 g/mol. The number of likely N-dealkylation sites (N-methyl/N-ethyl adjacent to an activating group) is 1. The molecule has 3 N–H and O–H groups in total. The molecule has 1 aromatic carbocycles. The summed E-state index contributed by atoms with van der Waals surface area (Å²) in [6, 6.07) is 7.88. The summed E-state index contributed by atoms with van der Waals surface area (Å²) >= 11 is 1.56. The van der Waals surface area contributed by atoms with Crippen molar-refractivity contribution in [3.05, 3.63) is 30.6 Å². The van der Waals surface area contributed by atoms with Crippen molar-refractivity contribution in [1.82, 2.24) is 15.3 Å². The third-order valence-corrected chi connectivity index (χ3v) is 5.30. The van der Waals surface area contributed by atoms with Crippen molar-refractivity contribution in [2.45, 2.75) is 23.4 Å². The number of thioether (sulfide) groups is 1. The molecular formula is C15H18N4OS. The molecule has 3 rings (SSSR count). The third kappa shape index (κ3) is 2.61. The number of rotatable bonds is 6. The van der Waals surface area contributed by atoms with Crippen molar-refractivity contribution in [2.24, 2.45) is 11.7 Å². The molecule has 0 saturated heterocycles. The SMILES string of the molecule is CNC(CSc1ncnc2ccccc12)(C(N)=O)C1CC1. The van der Waals surface area contributed by atoms with Crippen LogP contribution in [-0.4, -0.2) is 34.2 Å².